The van der Waals surface area contributed by atoms with Crippen molar-refractivity contribution in [1.29, 1.82) is 0 Å². The minimum Gasteiger partial charge on any atom is -0.378 e. The Bertz CT molecular complexity index is 1310. The van der Waals surface area contributed by atoms with Crippen LogP contribution >= 0.6 is 19.5 Å². The Morgan fingerprint density at radius 2 is 1.76 bits per heavy atom. The highest BCUT2D eigenvalue weighted by atomic mass is 35.5. The van der Waals surface area contributed by atoms with Gasteiger partial charge in [-0.15, -0.1) is 0 Å². The molecule has 0 fully saturated rings. The zero-order valence-electron chi connectivity index (χ0n) is 18.3. The van der Waals surface area contributed by atoms with Crippen molar-refractivity contribution in [3.63, 3.8) is 0 Å². The molecule has 1 unspecified atom stereocenters. The smallest absolute Gasteiger partial charge is 0.151 e. The second kappa shape index (κ2) is 9.62. The Hall–Kier alpha value is -2.76. The number of benzene rings is 1. The summed E-state index contributed by atoms with van der Waals surface area (Å²) in [5.41, 5.74) is 2.81. The molecule has 1 aromatic carbocycles. The molecule has 0 saturated heterocycles. The van der Waals surface area contributed by atoms with Crippen LogP contribution in [-0.2, 0) is 6.54 Å². The van der Waals surface area contributed by atoms with E-state index >= 15 is 0 Å². The van der Waals surface area contributed by atoms with Crippen LogP contribution in [0.5, 0.6) is 0 Å². The number of halogens is 4. The highest BCUT2D eigenvalue weighted by Crippen LogP contribution is 2.35. The molecule has 4 rings (SSSR count). The number of aromatic nitrogens is 3. The third-order valence-corrected chi connectivity index (χ3v) is 7.87. The molecule has 1 N–H and O–H groups in total. The first-order valence-corrected chi connectivity index (χ1v) is 12.7. The van der Waals surface area contributed by atoms with Crippen LogP contribution < -0.4 is 10.8 Å². The molecule has 9 heteroatoms. The molecule has 0 aliphatic heterocycles. The molecule has 0 aliphatic carbocycles. The molecule has 3 aromatic heterocycles. The summed E-state index contributed by atoms with van der Waals surface area (Å²) < 4.78 is 43.2. The number of fused-ring (bicyclic) bond motifs is 1. The van der Waals surface area contributed by atoms with Gasteiger partial charge in [0.05, 0.1) is 27.4 Å². The molecule has 1 atom stereocenters. The summed E-state index contributed by atoms with van der Waals surface area (Å²) in [6.45, 7) is 5.74. The summed E-state index contributed by atoms with van der Waals surface area (Å²) in [5, 5.41) is 3.22. The van der Waals surface area contributed by atoms with Gasteiger partial charge in [-0.25, -0.2) is 23.1 Å². The number of hydrogen-bond acceptors (Lipinski definition) is 4. The van der Waals surface area contributed by atoms with Crippen molar-refractivity contribution in [2.24, 2.45) is 0 Å². The molecule has 4 nitrogen and oxygen atoms in total. The summed E-state index contributed by atoms with van der Waals surface area (Å²) in [4.78, 5) is 13.3. The molecule has 170 valence electrons. The molecule has 0 bridgehead atoms. The van der Waals surface area contributed by atoms with Gasteiger partial charge < -0.3 is 5.32 Å². The summed E-state index contributed by atoms with van der Waals surface area (Å²) >= 11 is 6.47. The van der Waals surface area contributed by atoms with Gasteiger partial charge in [0.1, 0.15) is 22.8 Å². The van der Waals surface area contributed by atoms with Crippen molar-refractivity contribution in [2.45, 2.75) is 20.4 Å². The summed E-state index contributed by atoms with van der Waals surface area (Å²) in [5.74, 6) is -1.91. The molecular formula is C24H21ClF3N4P. The predicted molar refractivity (Wildman–Crippen MR) is 129 cm³/mol. The number of aryl methyl sites for hydroxylation is 1. The summed E-state index contributed by atoms with van der Waals surface area (Å²) in [6.07, 6.45) is 2.61. The molecule has 0 radical (unpaired) electrons. The van der Waals surface area contributed by atoms with Crippen LogP contribution in [-0.4, -0.2) is 27.8 Å². The van der Waals surface area contributed by atoms with E-state index < -0.39 is 17.5 Å². The zero-order chi connectivity index (χ0) is 23.7. The standard InChI is InChI=1S/C24H21ClF3N4P/c1-4-33(3)20-9-8-14(11-29-20)22-18(28)10-19-23(32-22)24(21(25)13(2)31-19)30-12-15-16(26)6-5-7-17(15)27/h5-11H,4,12H2,1-3H3,(H,30,31). The fourth-order valence-corrected chi connectivity index (χ4v) is 4.53. The quantitative estimate of drug-likeness (QED) is 0.317. The fraction of sp³-hybridized carbons (Fsp3) is 0.208. The van der Waals surface area contributed by atoms with Gasteiger partial charge in [0.15, 0.2) is 5.82 Å². The maximum Gasteiger partial charge on any atom is 0.151 e. The first kappa shape index (κ1) is 23.4. The Balaban J connectivity index is 1.79. The van der Waals surface area contributed by atoms with E-state index in [0.29, 0.717) is 22.5 Å². The monoisotopic (exact) mass is 488 g/mol. The van der Waals surface area contributed by atoms with Crippen LogP contribution in [0.25, 0.3) is 22.3 Å². The minimum absolute atomic E-state index is 0.0975. The van der Waals surface area contributed by atoms with E-state index in [1.165, 1.54) is 24.3 Å². The van der Waals surface area contributed by atoms with Crippen molar-refractivity contribution >= 4 is 41.7 Å². The topological polar surface area (TPSA) is 50.7 Å². The second-order valence-electron chi connectivity index (χ2n) is 7.55. The van der Waals surface area contributed by atoms with Gasteiger partial charge in [0.25, 0.3) is 0 Å². The van der Waals surface area contributed by atoms with Crippen LogP contribution in [0, 0.1) is 24.4 Å². The lowest BCUT2D eigenvalue weighted by atomic mass is 10.1. The van der Waals surface area contributed by atoms with Crippen LogP contribution in [0.1, 0.15) is 18.2 Å². The molecule has 4 aromatic rings. The van der Waals surface area contributed by atoms with E-state index in [0.717, 1.165) is 11.6 Å². The first-order chi connectivity index (χ1) is 15.8. The van der Waals surface area contributed by atoms with E-state index in [-0.39, 0.29) is 36.3 Å². The largest absolute Gasteiger partial charge is 0.378 e. The Morgan fingerprint density at radius 1 is 1.03 bits per heavy atom. The van der Waals surface area contributed by atoms with Gasteiger partial charge in [0.2, 0.25) is 0 Å². The fourth-order valence-electron chi connectivity index (χ4n) is 3.42. The Morgan fingerprint density at radius 3 is 2.39 bits per heavy atom. The Labute approximate surface area is 196 Å². The molecule has 0 spiro atoms. The maximum atomic E-state index is 15.0. The predicted octanol–water partition coefficient (Wildman–Crippen LogP) is 6.44. The van der Waals surface area contributed by atoms with Gasteiger partial charge in [-0.3, -0.25) is 4.98 Å². The molecule has 0 amide bonds. The lowest BCUT2D eigenvalue weighted by molar-refractivity contribution is 0.560. The molecular weight excluding hydrogens is 468 g/mol. The van der Waals surface area contributed by atoms with Crippen molar-refractivity contribution < 1.29 is 13.2 Å². The third-order valence-electron chi connectivity index (χ3n) is 5.41. The molecule has 3 heterocycles. The van der Waals surface area contributed by atoms with E-state index in [1.807, 2.05) is 6.07 Å². The van der Waals surface area contributed by atoms with E-state index in [2.05, 4.69) is 33.9 Å². The third kappa shape index (κ3) is 4.66. The number of pyridine rings is 3. The SMILES string of the molecule is CCP(C)c1ccc(-c2nc3c(NCc4c(F)cccc4F)c(Cl)c(C)nc3cc2F)cn1. The molecule has 33 heavy (non-hydrogen) atoms. The average molecular weight is 489 g/mol. The number of nitrogens with zero attached hydrogens (tertiary/aromatic N) is 3. The minimum atomic E-state index is -0.678. The van der Waals surface area contributed by atoms with Crippen molar-refractivity contribution in [3.8, 4) is 11.3 Å². The van der Waals surface area contributed by atoms with Crippen LogP contribution in [0.4, 0.5) is 18.9 Å². The molecule has 0 aliphatic rings. The van der Waals surface area contributed by atoms with Crippen molar-refractivity contribution in [2.75, 3.05) is 18.1 Å². The van der Waals surface area contributed by atoms with Gasteiger partial charge in [0, 0.05) is 29.9 Å². The van der Waals surface area contributed by atoms with Gasteiger partial charge in [-0.1, -0.05) is 32.5 Å². The van der Waals surface area contributed by atoms with E-state index in [4.69, 9.17) is 11.6 Å². The van der Waals surface area contributed by atoms with E-state index in [1.54, 1.807) is 19.2 Å². The van der Waals surface area contributed by atoms with Crippen molar-refractivity contribution in [3.05, 3.63) is 76.3 Å². The normalized spacial score (nSPS) is 12.2. The molecule has 0 saturated carbocycles. The summed E-state index contributed by atoms with van der Waals surface area (Å²) in [6, 6.07) is 8.62. The van der Waals surface area contributed by atoms with E-state index in [9.17, 15) is 13.2 Å². The average Bonchev–Trinajstić information content (AvgIpc) is 2.80. The van der Waals surface area contributed by atoms with Crippen LogP contribution in [0.2, 0.25) is 5.02 Å². The number of anilines is 1. The van der Waals surface area contributed by atoms with Gasteiger partial charge in [-0.2, -0.15) is 0 Å². The number of rotatable bonds is 6. The second-order valence-corrected chi connectivity index (χ2v) is 10.4. The highest BCUT2D eigenvalue weighted by molar-refractivity contribution is 7.64. The summed E-state index contributed by atoms with van der Waals surface area (Å²) in [7, 11) is -0.360. The lowest BCUT2D eigenvalue weighted by Gasteiger charge is -2.15. The first-order valence-electron chi connectivity index (χ1n) is 10.3. The lowest BCUT2D eigenvalue weighted by Crippen LogP contribution is -2.08. The number of nitrogens with one attached hydrogen (secondary N) is 1. The van der Waals surface area contributed by atoms with Gasteiger partial charge >= 0.3 is 0 Å². The van der Waals surface area contributed by atoms with Crippen LogP contribution in [0.3, 0.4) is 0 Å². The zero-order valence-corrected chi connectivity index (χ0v) is 19.9. The highest BCUT2D eigenvalue weighted by Gasteiger charge is 2.18. The maximum absolute atomic E-state index is 15.0. The Kier molecular flexibility index (Phi) is 6.82. The van der Waals surface area contributed by atoms with Crippen molar-refractivity contribution in [1.82, 2.24) is 15.0 Å². The number of hydrogen-bond donors (Lipinski definition) is 1. The van der Waals surface area contributed by atoms with Gasteiger partial charge in [-0.05, 0) is 44.0 Å². The van der Waals surface area contributed by atoms with Crippen LogP contribution in [0.15, 0.2) is 42.6 Å².